The van der Waals surface area contributed by atoms with E-state index in [9.17, 15) is 4.57 Å². The van der Waals surface area contributed by atoms with Crippen LogP contribution in [0.15, 0.2) is 84.7 Å². The van der Waals surface area contributed by atoms with Crippen molar-refractivity contribution >= 4 is 23.2 Å². The number of allylic oxidation sites excluding steroid dienone is 1. The molecule has 2 unspecified atom stereocenters. The number of hydrogen-bond acceptors (Lipinski definition) is 1. The molecule has 4 rings (SSSR count). The van der Waals surface area contributed by atoms with Crippen molar-refractivity contribution in [3.05, 3.63) is 90.3 Å². The van der Waals surface area contributed by atoms with Crippen molar-refractivity contribution in [3.63, 3.8) is 0 Å². The Bertz CT molecular complexity index is 890. The van der Waals surface area contributed by atoms with Gasteiger partial charge in [0.1, 0.15) is 7.14 Å². The van der Waals surface area contributed by atoms with E-state index in [0.717, 1.165) is 5.30 Å². The molecule has 22 heavy (non-hydrogen) atoms. The highest BCUT2D eigenvalue weighted by atomic mass is 31.2. The Balaban J connectivity index is 1.74. The predicted molar refractivity (Wildman–Crippen MR) is 94.4 cm³/mol. The lowest BCUT2D eigenvalue weighted by atomic mass is 9.95. The van der Waals surface area contributed by atoms with Crippen molar-refractivity contribution in [1.82, 2.24) is 0 Å². The van der Waals surface area contributed by atoms with Gasteiger partial charge in [-0.2, -0.15) is 0 Å². The minimum atomic E-state index is -2.40. The first-order valence-corrected chi connectivity index (χ1v) is 9.54. The van der Waals surface area contributed by atoms with Crippen molar-refractivity contribution < 1.29 is 4.57 Å². The highest BCUT2D eigenvalue weighted by molar-refractivity contribution is 7.74. The smallest absolute Gasteiger partial charge is 0.137 e. The van der Waals surface area contributed by atoms with Gasteiger partial charge in [0.05, 0.1) is 0 Å². The van der Waals surface area contributed by atoms with Crippen LogP contribution in [0.1, 0.15) is 11.5 Å². The molecule has 0 radical (unpaired) electrons. The summed E-state index contributed by atoms with van der Waals surface area (Å²) in [7, 11) is -2.40. The zero-order valence-electron chi connectivity index (χ0n) is 12.2. The second-order valence-electron chi connectivity index (χ2n) is 5.83. The third kappa shape index (κ3) is 2.23. The SMILES string of the molecule is O=P1(c2ccccc2)C=CC(c2cccc3ccccc23)C1. The summed E-state index contributed by atoms with van der Waals surface area (Å²) in [6, 6.07) is 24.7. The highest BCUT2D eigenvalue weighted by Gasteiger charge is 2.31. The van der Waals surface area contributed by atoms with Gasteiger partial charge in [0.2, 0.25) is 0 Å². The summed E-state index contributed by atoms with van der Waals surface area (Å²) >= 11 is 0. The van der Waals surface area contributed by atoms with Crippen LogP contribution < -0.4 is 5.30 Å². The van der Waals surface area contributed by atoms with E-state index in [-0.39, 0.29) is 5.92 Å². The maximum atomic E-state index is 13.2. The van der Waals surface area contributed by atoms with Crippen LogP contribution in [0, 0.1) is 0 Å². The van der Waals surface area contributed by atoms with Gasteiger partial charge in [-0.15, -0.1) is 0 Å². The normalized spacial score (nSPS) is 23.9. The summed E-state index contributed by atoms with van der Waals surface area (Å²) in [5.74, 6) is 2.19. The third-order valence-corrected chi connectivity index (χ3v) is 7.21. The van der Waals surface area contributed by atoms with Gasteiger partial charge >= 0.3 is 0 Å². The molecule has 0 saturated carbocycles. The van der Waals surface area contributed by atoms with Crippen LogP contribution in [0.5, 0.6) is 0 Å². The molecule has 1 aliphatic rings. The number of rotatable bonds is 2. The van der Waals surface area contributed by atoms with E-state index in [1.54, 1.807) is 0 Å². The van der Waals surface area contributed by atoms with Crippen molar-refractivity contribution in [2.45, 2.75) is 5.92 Å². The van der Waals surface area contributed by atoms with E-state index in [1.165, 1.54) is 16.3 Å². The molecule has 1 aliphatic heterocycles. The topological polar surface area (TPSA) is 17.1 Å². The van der Waals surface area contributed by atoms with Crippen molar-refractivity contribution in [1.29, 1.82) is 0 Å². The second-order valence-corrected chi connectivity index (χ2v) is 8.60. The Hall–Kier alpha value is -2.11. The molecular formula is C20H17OP. The maximum absolute atomic E-state index is 13.2. The number of benzene rings is 3. The summed E-state index contributed by atoms with van der Waals surface area (Å²) in [5, 5.41) is 3.48. The van der Waals surface area contributed by atoms with E-state index in [2.05, 4.69) is 48.5 Å². The van der Waals surface area contributed by atoms with E-state index in [1.807, 2.05) is 36.1 Å². The van der Waals surface area contributed by atoms with E-state index in [0.29, 0.717) is 6.16 Å². The van der Waals surface area contributed by atoms with Gasteiger partial charge in [0, 0.05) is 17.4 Å². The number of hydrogen-bond donors (Lipinski definition) is 0. The minimum absolute atomic E-state index is 0.233. The largest absolute Gasteiger partial charge is 0.314 e. The molecule has 0 N–H and O–H groups in total. The fourth-order valence-corrected chi connectivity index (χ4v) is 5.87. The molecular weight excluding hydrogens is 287 g/mol. The first-order valence-electron chi connectivity index (χ1n) is 7.58. The Morgan fingerprint density at radius 2 is 1.55 bits per heavy atom. The van der Waals surface area contributed by atoms with E-state index in [4.69, 9.17) is 0 Å². The molecule has 0 bridgehead atoms. The monoisotopic (exact) mass is 304 g/mol. The van der Waals surface area contributed by atoms with Crippen LogP contribution >= 0.6 is 7.14 Å². The van der Waals surface area contributed by atoms with Gasteiger partial charge in [0.15, 0.2) is 0 Å². The molecule has 0 aromatic heterocycles. The van der Waals surface area contributed by atoms with Crippen LogP contribution in [-0.4, -0.2) is 6.16 Å². The second kappa shape index (κ2) is 5.26. The molecule has 2 atom stereocenters. The van der Waals surface area contributed by atoms with Crippen LogP contribution in [0.3, 0.4) is 0 Å². The summed E-state index contributed by atoms with van der Waals surface area (Å²) in [6.07, 6.45) is 2.83. The quantitative estimate of drug-likeness (QED) is 0.599. The summed E-state index contributed by atoms with van der Waals surface area (Å²) in [6.45, 7) is 0. The number of fused-ring (bicyclic) bond motifs is 1. The van der Waals surface area contributed by atoms with Gasteiger partial charge < -0.3 is 4.57 Å². The molecule has 108 valence electrons. The molecule has 3 aromatic carbocycles. The van der Waals surface area contributed by atoms with Gasteiger partial charge in [-0.3, -0.25) is 0 Å². The molecule has 0 amide bonds. The van der Waals surface area contributed by atoms with Crippen molar-refractivity contribution in [3.8, 4) is 0 Å². The Morgan fingerprint density at radius 3 is 2.41 bits per heavy atom. The minimum Gasteiger partial charge on any atom is -0.314 e. The van der Waals surface area contributed by atoms with E-state index >= 15 is 0 Å². The Kier molecular flexibility index (Phi) is 3.24. The van der Waals surface area contributed by atoms with Crippen LogP contribution in [-0.2, 0) is 4.57 Å². The maximum Gasteiger partial charge on any atom is 0.137 e. The lowest BCUT2D eigenvalue weighted by Crippen LogP contribution is -2.06. The molecule has 2 heteroatoms. The van der Waals surface area contributed by atoms with Gasteiger partial charge in [-0.25, -0.2) is 0 Å². The van der Waals surface area contributed by atoms with Gasteiger partial charge in [-0.1, -0.05) is 78.9 Å². The fourth-order valence-electron chi connectivity index (χ4n) is 3.30. The fraction of sp³-hybridized carbons (Fsp3) is 0.100. The highest BCUT2D eigenvalue weighted by Crippen LogP contribution is 2.55. The van der Waals surface area contributed by atoms with E-state index < -0.39 is 7.14 Å². The lowest BCUT2D eigenvalue weighted by molar-refractivity contribution is 0.586. The van der Waals surface area contributed by atoms with Crippen LogP contribution in [0.2, 0.25) is 0 Å². The molecule has 0 fully saturated rings. The molecule has 0 aliphatic carbocycles. The molecule has 1 heterocycles. The average molecular weight is 304 g/mol. The first kappa shape index (κ1) is 13.5. The molecule has 0 spiro atoms. The van der Waals surface area contributed by atoms with Crippen molar-refractivity contribution in [2.75, 3.05) is 6.16 Å². The molecule has 3 aromatic rings. The average Bonchev–Trinajstić information content (AvgIpc) is 2.99. The zero-order chi connectivity index (χ0) is 15.0. The Morgan fingerprint density at radius 1 is 0.818 bits per heavy atom. The molecule has 0 saturated heterocycles. The molecule has 1 nitrogen and oxygen atoms in total. The van der Waals surface area contributed by atoms with Crippen LogP contribution in [0.25, 0.3) is 10.8 Å². The third-order valence-electron chi connectivity index (χ3n) is 4.44. The van der Waals surface area contributed by atoms with Crippen molar-refractivity contribution in [2.24, 2.45) is 0 Å². The van der Waals surface area contributed by atoms with Crippen LogP contribution in [0.4, 0.5) is 0 Å². The lowest BCUT2D eigenvalue weighted by Gasteiger charge is -2.15. The summed E-state index contributed by atoms with van der Waals surface area (Å²) < 4.78 is 13.2. The summed E-state index contributed by atoms with van der Waals surface area (Å²) in [5.41, 5.74) is 1.28. The zero-order valence-corrected chi connectivity index (χ0v) is 13.1. The Labute approximate surface area is 130 Å². The standard InChI is InChI=1S/C20H17OP/c21-22(18-9-2-1-3-10-18)14-13-17(15-22)20-12-6-8-16-7-4-5-11-19(16)20/h1-14,17H,15H2. The first-order chi connectivity index (χ1) is 10.8. The summed E-state index contributed by atoms with van der Waals surface area (Å²) in [4.78, 5) is 0. The van der Waals surface area contributed by atoms with Gasteiger partial charge in [0.25, 0.3) is 0 Å². The van der Waals surface area contributed by atoms with Gasteiger partial charge in [-0.05, 0) is 22.2 Å². The predicted octanol–water partition coefficient (Wildman–Crippen LogP) is 5.14.